The number of hydrogen-bond acceptors (Lipinski definition) is 3. The molecule has 26 heavy (non-hydrogen) atoms. The summed E-state index contributed by atoms with van der Waals surface area (Å²) < 4.78 is 7.28. The van der Waals surface area contributed by atoms with Crippen LogP contribution in [-0.2, 0) is 17.9 Å². The number of aromatic nitrogens is 1. The van der Waals surface area contributed by atoms with E-state index in [2.05, 4.69) is 44.9 Å². The Kier molecular flexibility index (Phi) is 5.92. The Morgan fingerprint density at radius 1 is 1.00 bits per heavy atom. The van der Waals surface area contributed by atoms with Crippen molar-refractivity contribution in [2.24, 2.45) is 0 Å². The first-order valence-electron chi connectivity index (χ1n) is 8.57. The van der Waals surface area contributed by atoms with Gasteiger partial charge in [0.15, 0.2) is 0 Å². The van der Waals surface area contributed by atoms with Gasteiger partial charge < -0.3 is 24.9 Å². The van der Waals surface area contributed by atoms with Gasteiger partial charge in [-0.3, -0.25) is 4.79 Å². The van der Waals surface area contributed by atoms with Gasteiger partial charge in [-0.15, -0.1) is 0 Å². The molecule has 0 saturated carbocycles. The van der Waals surface area contributed by atoms with Crippen molar-refractivity contribution < 1.29 is 14.0 Å². The van der Waals surface area contributed by atoms with Gasteiger partial charge in [0.05, 0.1) is 19.4 Å². The Morgan fingerprint density at radius 2 is 1.88 bits per heavy atom. The molecule has 0 spiro atoms. The van der Waals surface area contributed by atoms with Crippen molar-refractivity contribution in [1.82, 2.24) is 20.5 Å². The van der Waals surface area contributed by atoms with Crippen LogP contribution in [0.25, 0.3) is 10.9 Å². The summed E-state index contributed by atoms with van der Waals surface area (Å²) >= 11 is 0. The number of carbonyl (C=O) groups excluding carboxylic acids is 2. The van der Waals surface area contributed by atoms with Gasteiger partial charge in [0.1, 0.15) is 5.76 Å². The lowest BCUT2D eigenvalue weighted by atomic mass is 10.2. The van der Waals surface area contributed by atoms with Crippen LogP contribution in [0.2, 0.25) is 0 Å². The maximum atomic E-state index is 11.8. The second-order valence-electron chi connectivity index (χ2n) is 5.89. The van der Waals surface area contributed by atoms with Crippen molar-refractivity contribution in [1.29, 1.82) is 0 Å². The second-order valence-corrected chi connectivity index (χ2v) is 5.89. The molecule has 0 unspecified atom stereocenters. The Balaban J connectivity index is 1.30. The standard InChI is InChI=1S/C19H22N4O3/c24-18(14-22-19(25)21-13-16-6-3-12-26-16)20-9-4-10-23-11-8-15-5-1-2-7-17(15)23/h1-3,5-8,11-12H,4,9-10,13-14H2,(H,20,24)(H2,21,22,25). The normalized spacial score (nSPS) is 10.6. The van der Waals surface area contributed by atoms with Crippen LogP contribution in [-0.4, -0.2) is 29.6 Å². The summed E-state index contributed by atoms with van der Waals surface area (Å²) in [5.41, 5.74) is 1.19. The van der Waals surface area contributed by atoms with Crippen molar-refractivity contribution in [3.8, 4) is 0 Å². The van der Waals surface area contributed by atoms with Gasteiger partial charge in [0, 0.05) is 24.8 Å². The fraction of sp³-hybridized carbons (Fsp3) is 0.263. The Morgan fingerprint density at radius 3 is 2.73 bits per heavy atom. The van der Waals surface area contributed by atoms with Crippen molar-refractivity contribution >= 4 is 22.8 Å². The monoisotopic (exact) mass is 354 g/mol. The third kappa shape index (κ3) is 4.89. The molecule has 7 nitrogen and oxygen atoms in total. The number of rotatable bonds is 8. The van der Waals surface area contributed by atoms with Gasteiger partial charge in [0.2, 0.25) is 5.91 Å². The zero-order valence-corrected chi connectivity index (χ0v) is 14.4. The van der Waals surface area contributed by atoms with Gasteiger partial charge in [-0.05, 0) is 36.1 Å². The first kappa shape index (κ1) is 17.6. The van der Waals surface area contributed by atoms with E-state index in [1.165, 1.54) is 10.9 Å². The van der Waals surface area contributed by atoms with Gasteiger partial charge in [-0.1, -0.05) is 18.2 Å². The van der Waals surface area contributed by atoms with E-state index < -0.39 is 6.03 Å². The van der Waals surface area contributed by atoms with Crippen LogP contribution in [0.1, 0.15) is 12.2 Å². The van der Waals surface area contributed by atoms with Crippen molar-refractivity contribution in [3.05, 3.63) is 60.7 Å². The van der Waals surface area contributed by atoms with Crippen LogP contribution in [0.5, 0.6) is 0 Å². The summed E-state index contributed by atoms with van der Waals surface area (Å²) in [6, 6.07) is 13.4. The van der Waals surface area contributed by atoms with Crippen LogP contribution < -0.4 is 16.0 Å². The first-order valence-corrected chi connectivity index (χ1v) is 8.57. The summed E-state index contributed by atoms with van der Waals surface area (Å²) in [6.45, 7) is 1.60. The van der Waals surface area contributed by atoms with E-state index in [0.29, 0.717) is 12.3 Å². The van der Waals surface area contributed by atoms with Crippen LogP contribution in [0.4, 0.5) is 4.79 Å². The summed E-state index contributed by atoms with van der Waals surface area (Å²) in [5.74, 6) is 0.442. The number of amides is 3. The molecule has 2 heterocycles. The molecule has 2 aromatic heterocycles. The van der Waals surface area contributed by atoms with E-state index >= 15 is 0 Å². The lowest BCUT2D eigenvalue weighted by Gasteiger charge is -2.09. The largest absolute Gasteiger partial charge is 0.467 e. The molecule has 7 heteroatoms. The maximum Gasteiger partial charge on any atom is 0.315 e. The molecule has 3 rings (SSSR count). The van der Waals surface area contributed by atoms with E-state index in [1.807, 2.05) is 12.1 Å². The van der Waals surface area contributed by atoms with Gasteiger partial charge in [-0.25, -0.2) is 4.79 Å². The predicted octanol–water partition coefficient (Wildman–Crippen LogP) is 2.24. The molecular formula is C19H22N4O3. The Bertz CT molecular complexity index is 855. The molecule has 0 radical (unpaired) electrons. The quantitative estimate of drug-likeness (QED) is 0.542. The summed E-state index contributed by atoms with van der Waals surface area (Å²) in [7, 11) is 0. The molecule has 0 bridgehead atoms. The third-order valence-electron chi connectivity index (χ3n) is 3.99. The number of furan rings is 1. The van der Waals surface area contributed by atoms with Crippen LogP contribution in [0, 0.1) is 0 Å². The Labute approximate surface area is 151 Å². The molecule has 3 aromatic rings. The van der Waals surface area contributed by atoms with Gasteiger partial charge in [0.25, 0.3) is 0 Å². The third-order valence-corrected chi connectivity index (χ3v) is 3.99. The number of para-hydroxylation sites is 1. The molecule has 3 N–H and O–H groups in total. The number of aryl methyl sites for hydroxylation is 1. The SMILES string of the molecule is O=C(CNC(=O)NCc1ccco1)NCCCn1ccc2ccccc21. The lowest BCUT2D eigenvalue weighted by Crippen LogP contribution is -2.42. The molecule has 0 atom stereocenters. The minimum Gasteiger partial charge on any atom is -0.467 e. The molecule has 0 aliphatic heterocycles. The highest BCUT2D eigenvalue weighted by Crippen LogP contribution is 2.15. The van der Waals surface area contributed by atoms with Crippen molar-refractivity contribution in [2.45, 2.75) is 19.5 Å². The van der Waals surface area contributed by atoms with E-state index in [-0.39, 0.29) is 19.0 Å². The first-order chi connectivity index (χ1) is 12.7. The molecule has 0 aliphatic carbocycles. The van der Waals surface area contributed by atoms with Crippen molar-refractivity contribution in [2.75, 3.05) is 13.1 Å². The molecule has 0 fully saturated rings. The van der Waals surface area contributed by atoms with E-state index in [0.717, 1.165) is 13.0 Å². The fourth-order valence-corrected chi connectivity index (χ4v) is 2.68. The number of nitrogens with one attached hydrogen (secondary N) is 3. The lowest BCUT2D eigenvalue weighted by molar-refractivity contribution is -0.120. The molecular weight excluding hydrogens is 332 g/mol. The highest BCUT2D eigenvalue weighted by atomic mass is 16.3. The Hall–Kier alpha value is -3.22. The number of carbonyl (C=O) groups is 2. The minimum atomic E-state index is -0.407. The number of nitrogens with zero attached hydrogens (tertiary/aromatic N) is 1. The van der Waals surface area contributed by atoms with Crippen molar-refractivity contribution in [3.63, 3.8) is 0 Å². The minimum absolute atomic E-state index is 0.0591. The zero-order chi connectivity index (χ0) is 18.2. The number of hydrogen-bond donors (Lipinski definition) is 3. The maximum absolute atomic E-state index is 11.8. The highest BCUT2D eigenvalue weighted by Gasteiger charge is 2.06. The highest BCUT2D eigenvalue weighted by molar-refractivity contribution is 5.83. The van der Waals surface area contributed by atoms with Crippen LogP contribution >= 0.6 is 0 Å². The molecule has 0 saturated heterocycles. The van der Waals surface area contributed by atoms with E-state index in [4.69, 9.17) is 4.42 Å². The molecule has 1 aromatic carbocycles. The zero-order valence-electron chi connectivity index (χ0n) is 14.4. The number of benzene rings is 1. The topological polar surface area (TPSA) is 88.3 Å². The smallest absolute Gasteiger partial charge is 0.315 e. The average molecular weight is 354 g/mol. The fourth-order valence-electron chi connectivity index (χ4n) is 2.68. The van der Waals surface area contributed by atoms with Gasteiger partial charge >= 0.3 is 6.03 Å². The predicted molar refractivity (Wildman–Crippen MR) is 98.5 cm³/mol. The molecule has 136 valence electrons. The summed E-state index contributed by atoms with van der Waals surface area (Å²) in [6.07, 6.45) is 4.41. The van der Waals surface area contributed by atoms with E-state index in [9.17, 15) is 9.59 Å². The average Bonchev–Trinajstić information content (AvgIpc) is 3.32. The van der Waals surface area contributed by atoms with Crippen LogP contribution in [0.3, 0.4) is 0 Å². The van der Waals surface area contributed by atoms with E-state index in [1.54, 1.807) is 18.4 Å². The summed E-state index contributed by atoms with van der Waals surface area (Å²) in [4.78, 5) is 23.4. The number of fused-ring (bicyclic) bond motifs is 1. The molecule has 0 aliphatic rings. The second kappa shape index (κ2) is 8.75. The molecule has 3 amide bonds. The van der Waals surface area contributed by atoms with Crippen LogP contribution in [0.15, 0.2) is 59.3 Å². The van der Waals surface area contributed by atoms with Gasteiger partial charge in [-0.2, -0.15) is 0 Å². The number of urea groups is 1. The summed E-state index contributed by atoms with van der Waals surface area (Å²) in [5, 5.41) is 9.15.